The molecule has 0 unspecified atom stereocenters. The van der Waals surface area contributed by atoms with Gasteiger partial charge in [-0.05, 0) is 38.2 Å². The van der Waals surface area contributed by atoms with Gasteiger partial charge in [0, 0.05) is 6.61 Å². The average molecular weight is 228 g/mol. The first-order chi connectivity index (χ1) is 7.93. The van der Waals surface area contributed by atoms with E-state index in [1.807, 2.05) is 13.2 Å². The average Bonchev–Trinajstić information content (AvgIpc) is 2.34. The summed E-state index contributed by atoms with van der Waals surface area (Å²) < 4.78 is 16.0. The minimum atomic E-state index is 0.648. The van der Waals surface area contributed by atoms with Crippen LogP contribution in [0.1, 0.15) is 39.0 Å². The lowest BCUT2D eigenvalue weighted by Gasteiger charge is -2.13. The highest BCUT2D eigenvalue weighted by Gasteiger charge is 2.04. The molecule has 1 aliphatic carbocycles. The summed E-state index contributed by atoms with van der Waals surface area (Å²) in [6, 6.07) is 0. The summed E-state index contributed by atoms with van der Waals surface area (Å²) in [4.78, 5) is 0. The maximum absolute atomic E-state index is 5.45. The molecular weight excluding hydrogens is 204 g/mol. The summed E-state index contributed by atoms with van der Waals surface area (Å²) in [5, 5.41) is 0. The van der Waals surface area contributed by atoms with Crippen LogP contribution >= 0.6 is 0 Å². The molecule has 0 heterocycles. The van der Waals surface area contributed by atoms with Crippen molar-refractivity contribution >= 4 is 0 Å². The summed E-state index contributed by atoms with van der Waals surface area (Å²) in [5.41, 5.74) is 1.46. The number of rotatable bonds is 8. The third kappa shape index (κ3) is 6.85. The first-order valence-electron chi connectivity index (χ1n) is 6.38. The first-order valence-corrected chi connectivity index (χ1v) is 6.38. The zero-order valence-electron chi connectivity index (χ0n) is 10.4. The van der Waals surface area contributed by atoms with Crippen LogP contribution in [0, 0.1) is 0 Å². The van der Waals surface area contributed by atoms with Gasteiger partial charge < -0.3 is 14.2 Å². The Bertz CT molecular complexity index is 182. The number of hydrogen-bond donors (Lipinski definition) is 0. The van der Waals surface area contributed by atoms with E-state index >= 15 is 0 Å². The van der Waals surface area contributed by atoms with Gasteiger partial charge in [0.05, 0.1) is 26.1 Å². The normalized spacial score (nSPS) is 16.2. The lowest BCUT2D eigenvalue weighted by atomic mass is 9.96. The molecule has 1 rings (SSSR count). The van der Waals surface area contributed by atoms with E-state index in [2.05, 4.69) is 0 Å². The largest absolute Gasteiger partial charge is 0.499 e. The fourth-order valence-electron chi connectivity index (χ4n) is 1.77. The highest BCUT2D eigenvalue weighted by atomic mass is 16.5. The van der Waals surface area contributed by atoms with Gasteiger partial charge in [-0.1, -0.05) is 6.42 Å². The van der Waals surface area contributed by atoms with Crippen molar-refractivity contribution in [1.82, 2.24) is 0 Å². The van der Waals surface area contributed by atoms with E-state index in [4.69, 9.17) is 14.2 Å². The van der Waals surface area contributed by atoms with Crippen molar-refractivity contribution < 1.29 is 14.2 Å². The lowest BCUT2D eigenvalue weighted by molar-refractivity contribution is 0.0338. The predicted octanol–water partition coefficient (Wildman–Crippen LogP) is 2.90. The van der Waals surface area contributed by atoms with Crippen molar-refractivity contribution in [3.63, 3.8) is 0 Å². The molecule has 3 heteroatoms. The molecule has 0 spiro atoms. The van der Waals surface area contributed by atoms with E-state index in [9.17, 15) is 0 Å². The minimum Gasteiger partial charge on any atom is -0.499 e. The fraction of sp³-hybridized carbons (Fsp3) is 0.846. The second-order valence-electron chi connectivity index (χ2n) is 4.02. The van der Waals surface area contributed by atoms with Crippen molar-refractivity contribution in [2.75, 3.05) is 33.0 Å². The highest BCUT2D eigenvalue weighted by Crippen LogP contribution is 2.22. The van der Waals surface area contributed by atoms with Gasteiger partial charge in [0.15, 0.2) is 0 Å². The predicted molar refractivity (Wildman–Crippen MR) is 64.4 cm³/mol. The van der Waals surface area contributed by atoms with Crippen LogP contribution in [0.3, 0.4) is 0 Å². The van der Waals surface area contributed by atoms with Crippen molar-refractivity contribution in [3.8, 4) is 0 Å². The van der Waals surface area contributed by atoms with Crippen molar-refractivity contribution in [2.24, 2.45) is 0 Å². The van der Waals surface area contributed by atoms with Gasteiger partial charge in [-0.3, -0.25) is 0 Å². The molecule has 0 radical (unpaired) electrons. The standard InChI is InChI=1S/C13H24O3/c1-2-14-8-9-15-10-11-16-12-13-6-4-3-5-7-13/h12H,2-11H2,1H3. The highest BCUT2D eigenvalue weighted by molar-refractivity contribution is 5.00. The second-order valence-corrected chi connectivity index (χ2v) is 4.02. The Hall–Kier alpha value is -0.540. The van der Waals surface area contributed by atoms with Crippen LogP contribution < -0.4 is 0 Å². The number of hydrogen-bond acceptors (Lipinski definition) is 3. The molecule has 0 amide bonds. The number of allylic oxidation sites excluding steroid dienone is 1. The molecule has 1 saturated carbocycles. The molecule has 0 aromatic heterocycles. The van der Waals surface area contributed by atoms with E-state index in [0.29, 0.717) is 26.4 Å². The van der Waals surface area contributed by atoms with E-state index in [1.165, 1.54) is 37.7 Å². The van der Waals surface area contributed by atoms with E-state index in [0.717, 1.165) is 6.61 Å². The zero-order chi connectivity index (χ0) is 11.5. The molecule has 0 aromatic carbocycles. The van der Waals surface area contributed by atoms with E-state index < -0.39 is 0 Å². The molecule has 0 atom stereocenters. The maximum atomic E-state index is 5.45. The monoisotopic (exact) mass is 228 g/mol. The summed E-state index contributed by atoms with van der Waals surface area (Å²) in [6.45, 7) is 5.38. The Kier molecular flexibility index (Phi) is 8.17. The molecule has 0 saturated heterocycles. The van der Waals surface area contributed by atoms with Crippen LogP contribution in [-0.4, -0.2) is 33.0 Å². The molecule has 94 valence electrons. The first kappa shape index (κ1) is 13.5. The van der Waals surface area contributed by atoms with Crippen LogP contribution in [0.25, 0.3) is 0 Å². The van der Waals surface area contributed by atoms with Crippen LogP contribution in [0.5, 0.6) is 0 Å². The molecule has 16 heavy (non-hydrogen) atoms. The van der Waals surface area contributed by atoms with E-state index in [1.54, 1.807) is 0 Å². The van der Waals surface area contributed by atoms with Gasteiger partial charge in [-0.2, -0.15) is 0 Å². The van der Waals surface area contributed by atoms with Crippen molar-refractivity contribution in [1.29, 1.82) is 0 Å². The molecule has 3 nitrogen and oxygen atoms in total. The molecule has 0 bridgehead atoms. The van der Waals surface area contributed by atoms with Crippen molar-refractivity contribution in [2.45, 2.75) is 39.0 Å². The molecule has 1 fully saturated rings. The SMILES string of the molecule is CCOCCOCCOC=C1CCCCC1. The molecule has 0 aliphatic heterocycles. The molecule has 1 aliphatic rings. The third-order valence-electron chi connectivity index (χ3n) is 2.67. The summed E-state index contributed by atoms with van der Waals surface area (Å²) in [7, 11) is 0. The van der Waals surface area contributed by atoms with Gasteiger partial charge in [-0.25, -0.2) is 0 Å². The van der Waals surface area contributed by atoms with Crippen LogP contribution in [0.15, 0.2) is 11.8 Å². The molecule has 0 N–H and O–H groups in total. The Balaban J connectivity index is 1.87. The van der Waals surface area contributed by atoms with Gasteiger partial charge in [-0.15, -0.1) is 0 Å². The van der Waals surface area contributed by atoms with Gasteiger partial charge in [0.25, 0.3) is 0 Å². The zero-order valence-corrected chi connectivity index (χ0v) is 10.4. The summed E-state index contributed by atoms with van der Waals surface area (Å²) in [5.74, 6) is 0. The minimum absolute atomic E-state index is 0.648. The lowest BCUT2D eigenvalue weighted by Crippen LogP contribution is -2.08. The molecule has 0 aromatic rings. The van der Waals surface area contributed by atoms with Crippen LogP contribution in [0.2, 0.25) is 0 Å². The van der Waals surface area contributed by atoms with Crippen molar-refractivity contribution in [3.05, 3.63) is 11.8 Å². The quantitative estimate of drug-likeness (QED) is 0.472. The van der Waals surface area contributed by atoms with Gasteiger partial charge in [0.1, 0.15) is 6.61 Å². The topological polar surface area (TPSA) is 27.7 Å². The van der Waals surface area contributed by atoms with Crippen LogP contribution in [0.4, 0.5) is 0 Å². The maximum Gasteiger partial charge on any atom is 0.111 e. The molecular formula is C13H24O3. The van der Waals surface area contributed by atoms with Crippen LogP contribution in [-0.2, 0) is 14.2 Å². The van der Waals surface area contributed by atoms with E-state index in [-0.39, 0.29) is 0 Å². The summed E-state index contributed by atoms with van der Waals surface area (Å²) in [6.07, 6.45) is 8.37. The Labute approximate surface area is 98.8 Å². The number of ether oxygens (including phenoxy) is 3. The van der Waals surface area contributed by atoms with Gasteiger partial charge >= 0.3 is 0 Å². The summed E-state index contributed by atoms with van der Waals surface area (Å²) >= 11 is 0. The smallest absolute Gasteiger partial charge is 0.111 e. The fourth-order valence-corrected chi connectivity index (χ4v) is 1.77. The Morgan fingerprint density at radius 1 is 0.938 bits per heavy atom. The third-order valence-corrected chi connectivity index (χ3v) is 2.67. The Morgan fingerprint density at radius 3 is 2.38 bits per heavy atom. The Morgan fingerprint density at radius 2 is 1.62 bits per heavy atom. The second kappa shape index (κ2) is 9.67. The van der Waals surface area contributed by atoms with Gasteiger partial charge in [0.2, 0.25) is 0 Å².